The van der Waals surface area contributed by atoms with Gasteiger partial charge in [-0.2, -0.15) is 0 Å². The fourth-order valence-corrected chi connectivity index (χ4v) is 5.52. The molecule has 1 atom stereocenters. The van der Waals surface area contributed by atoms with Gasteiger partial charge in [0.1, 0.15) is 7.60 Å². The summed E-state index contributed by atoms with van der Waals surface area (Å²) in [6.45, 7) is 4.12. The van der Waals surface area contributed by atoms with Gasteiger partial charge in [-0.05, 0) is 25.3 Å². The van der Waals surface area contributed by atoms with Crippen LogP contribution in [0.15, 0.2) is 36.7 Å². The molecule has 7 heteroatoms. The van der Waals surface area contributed by atoms with E-state index in [9.17, 15) is 9.46 Å². The maximum Gasteiger partial charge on any atom is 1.00 e. The number of nitrogens with zero attached hydrogens (tertiary/aromatic N) is 2. The molecule has 1 heterocycles. The summed E-state index contributed by atoms with van der Waals surface area (Å²) in [7, 11) is -3.82. The summed E-state index contributed by atoms with van der Waals surface area (Å²) in [5.41, 5.74) is 3.48. The maximum atomic E-state index is 11.8. The van der Waals surface area contributed by atoms with Crippen molar-refractivity contribution in [2.45, 2.75) is 116 Å². The molecule has 0 fully saturated rings. The number of hydrogen-bond donors (Lipinski definition) is 0. The molecule has 0 radical (unpaired) electrons. The van der Waals surface area contributed by atoms with E-state index in [0.717, 1.165) is 29.8 Å². The predicted molar refractivity (Wildman–Crippen MR) is 144 cm³/mol. The van der Waals surface area contributed by atoms with E-state index in [1.54, 1.807) is 6.92 Å². The molecule has 0 spiro atoms. The summed E-state index contributed by atoms with van der Waals surface area (Å²) >= 11 is 0. The van der Waals surface area contributed by atoms with Crippen LogP contribution in [0.25, 0.3) is 11.3 Å². The van der Waals surface area contributed by atoms with Gasteiger partial charge in [-0.1, -0.05) is 115 Å². The fraction of sp³-hybridized carbons (Fsp3) is 0.655. The molecule has 2 aromatic rings. The van der Waals surface area contributed by atoms with Crippen LogP contribution in [0.2, 0.25) is 0 Å². The molecule has 1 aromatic carbocycles. The van der Waals surface area contributed by atoms with Crippen molar-refractivity contribution in [3.05, 3.63) is 47.9 Å². The number of benzene rings is 1. The summed E-state index contributed by atoms with van der Waals surface area (Å²) in [5, 5.41) is 0. The molecule has 1 unspecified atom stereocenters. The molecular weight excluding hydrogens is 478 g/mol. The minimum absolute atomic E-state index is 0. The van der Waals surface area contributed by atoms with Crippen molar-refractivity contribution >= 4 is 7.60 Å². The predicted octanol–water partition coefficient (Wildman–Crippen LogP) is 5.26. The van der Waals surface area contributed by atoms with Gasteiger partial charge in [-0.3, -0.25) is 9.97 Å². The first-order valence-electron chi connectivity index (χ1n) is 13.9. The Labute approximate surface area is 242 Å². The first-order chi connectivity index (χ1) is 17.0. The van der Waals surface area contributed by atoms with E-state index in [4.69, 9.17) is 4.52 Å². The van der Waals surface area contributed by atoms with E-state index in [2.05, 4.69) is 16.9 Å². The van der Waals surface area contributed by atoms with Crippen molar-refractivity contribution in [1.29, 1.82) is 0 Å². The second-order valence-corrected chi connectivity index (χ2v) is 11.4. The van der Waals surface area contributed by atoms with Gasteiger partial charge < -0.3 is 14.0 Å². The Bertz CT molecular complexity index is 847. The molecule has 0 aliphatic carbocycles. The molecule has 196 valence electrons. The first-order valence-corrected chi connectivity index (χ1v) is 15.6. The summed E-state index contributed by atoms with van der Waals surface area (Å²) < 4.78 is 16.6. The second kappa shape index (κ2) is 20.4. The van der Waals surface area contributed by atoms with Gasteiger partial charge >= 0.3 is 29.6 Å². The van der Waals surface area contributed by atoms with E-state index in [-0.39, 0.29) is 42.3 Å². The average molecular weight is 525 g/mol. The standard InChI is InChI=1S/C29H47N2O3P.Na/c1-3-5-6-7-8-9-10-11-12-13-14-15-16-17-18-28-23-31-29(24-30-28)27-21-19-26(20-22-27)25-35(32,33)34-4-2;/h19-24H,3-18,25H2,1-2H3,(H,32,33);/q;+1/p-1. The summed E-state index contributed by atoms with van der Waals surface area (Å²) in [5.74, 6) is 0. The molecular formula is C29H46N2NaO3P. The third-order valence-corrected chi connectivity index (χ3v) is 7.85. The van der Waals surface area contributed by atoms with Gasteiger partial charge in [0.25, 0.3) is 0 Å². The molecule has 1 aromatic heterocycles. The van der Waals surface area contributed by atoms with Gasteiger partial charge in [0.15, 0.2) is 0 Å². The number of unbranched alkanes of at least 4 members (excludes halogenated alkanes) is 13. The Kier molecular flexibility index (Phi) is 19.0. The molecule has 0 N–H and O–H groups in total. The van der Waals surface area contributed by atoms with Crippen LogP contribution < -0.4 is 34.5 Å². The zero-order chi connectivity index (χ0) is 25.2. The minimum atomic E-state index is -3.82. The van der Waals surface area contributed by atoms with Crippen molar-refractivity contribution in [2.75, 3.05) is 6.61 Å². The van der Waals surface area contributed by atoms with E-state index >= 15 is 0 Å². The van der Waals surface area contributed by atoms with Crippen LogP contribution in [0.4, 0.5) is 0 Å². The van der Waals surface area contributed by atoms with Crippen LogP contribution in [0, 0.1) is 0 Å². The SMILES string of the molecule is CCCCCCCCCCCCCCCCc1cnc(-c2ccc(CP(=O)([O-])OCC)cc2)cn1.[Na+]. The fourth-order valence-electron chi connectivity index (χ4n) is 4.38. The summed E-state index contributed by atoms with van der Waals surface area (Å²) in [6.07, 6.45) is 23.7. The molecule has 2 rings (SSSR count). The minimum Gasteiger partial charge on any atom is -0.778 e. The van der Waals surface area contributed by atoms with Crippen LogP contribution in [-0.4, -0.2) is 16.6 Å². The van der Waals surface area contributed by atoms with Crippen molar-refractivity contribution in [3.63, 3.8) is 0 Å². The van der Waals surface area contributed by atoms with Crippen LogP contribution in [0.3, 0.4) is 0 Å². The summed E-state index contributed by atoms with van der Waals surface area (Å²) in [4.78, 5) is 21.0. The average Bonchev–Trinajstić information content (AvgIpc) is 2.85. The van der Waals surface area contributed by atoms with Crippen LogP contribution >= 0.6 is 7.60 Å². The molecule has 5 nitrogen and oxygen atoms in total. The van der Waals surface area contributed by atoms with Crippen molar-refractivity contribution in [1.82, 2.24) is 9.97 Å². The third kappa shape index (κ3) is 15.0. The first kappa shape index (κ1) is 33.5. The Hall–Kier alpha value is -0.550. The van der Waals surface area contributed by atoms with Crippen LogP contribution in [0.5, 0.6) is 0 Å². The molecule has 0 aliphatic rings. The molecule has 0 saturated carbocycles. The number of aryl methyl sites for hydroxylation is 1. The van der Waals surface area contributed by atoms with E-state index in [0.29, 0.717) is 5.56 Å². The number of hydrogen-bond acceptors (Lipinski definition) is 5. The quantitative estimate of drug-likeness (QED) is 0.134. The Morgan fingerprint density at radius 3 is 1.75 bits per heavy atom. The van der Waals surface area contributed by atoms with Crippen molar-refractivity contribution in [3.8, 4) is 11.3 Å². The smallest absolute Gasteiger partial charge is 0.778 e. The van der Waals surface area contributed by atoms with Gasteiger partial charge in [-0.15, -0.1) is 0 Å². The van der Waals surface area contributed by atoms with Gasteiger partial charge in [0.05, 0.1) is 24.2 Å². The molecule has 0 aliphatic heterocycles. The molecule has 0 saturated heterocycles. The largest absolute Gasteiger partial charge is 1.00 e. The van der Waals surface area contributed by atoms with Crippen molar-refractivity contribution < 1.29 is 43.5 Å². The van der Waals surface area contributed by atoms with Crippen LogP contribution in [-0.2, 0) is 21.7 Å². The molecule has 0 amide bonds. The second-order valence-electron chi connectivity index (χ2n) is 9.62. The van der Waals surface area contributed by atoms with Crippen LogP contribution in [0.1, 0.15) is 115 Å². The van der Waals surface area contributed by atoms with E-state index in [1.807, 2.05) is 36.7 Å². The molecule has 0 bridgehead atoms. The Balaban J connectivity index is 0.00000648. The Morgan fingerprint density at radius 2 is 1.28 bits per heavy atom. The van der Waals surface area contributed by atoms with Gasteiger partial charge in [0, 0.05) is 17.9 Å². The maximum absolute atomic E-state index is 11.8. The monoisotopic (exact) mass is 524 g/mol. The topological polar surface area (TPSA) is 75.1 Å². The number of rotatable bonds is 20. The molecule has 36 heavy (non-hydrogen) atoms. The van der Waals surface area contributed by atoms with E-state index < -0.39 is 7.60 Å². The number of aromatic nitrogens is 2. The van der Waals surface area contributed by atoms with Gasteiger partial charge in [0.2, 0.25) is 0 Å². The zero-order valence-electron chi connectivity index (χ0n) is 23.1. The van der Waals surface area contributed by atoms with Crippen molar-refractivity contribution in [2.24, 2.45) is 0 Å². The van der Waals surface area contributed by atoms with Gasteiger partial charge in [-0.25, -0.2) is 0 Å². The normalized spacial score (nSPS) is 12.8. The summed E-state index contributed by atoms with van der Waals surface area (Å²) in [6, 6.07) is 7.39. The Morgan fingerprint density at radius 1 is 0.750 bits per heavy atom. The zero-order valence-corrected chi connectivity index (χ0v) is 25.9. The van der Waals surface area contributed by atoms with E-state index in [1.165, 1.54) is 83.5 Å². The third-order valence-electron chi connectivity index (χ3n) is 6.44.